The molecular formula is C20H23Cl2N3O8. The van der Waals surface area contributed by atoms with Crippen LogP contribution in [0.1, 0.15) is 12.1 Å². The maximum atomic E-state index is 11.9. The number of nitrogens with zero attached hydrogens (tertiary/aromatic N) is 2. The summed E-state index contributed by atoms with van der Waals surface area (Å²) in [5.74, 6) is -1.34. The van der Waals surface area contributed by atoms with Gasteiger partial charge in [0.2, 0.25) is 0 Å². The number of ether oxygens (including phenoxy) is 1. The van der Waals surface area contributed by atoms with E-state index in [1.807, 2.05) is 0 Å². The van der Waals surface area contributed by atoms with Crippen LogP contribution in [-0.2, 0) is 17.9 Å². The first-order chi connectivity index (χ1) is 15.6. The molecule has 0 atom stereocenters. The van der Waals surface area contributed by atoms with E-state index in [1.165, 1.54) is 22.9 Å². The zero-order valence-electron chi connectivity index (χ0n) is 17.3. The number of fused-ring (bicyclic) bond motifs is 1. The maximum Gasteiger partial charge on any atom is 0.419 e. The van der Waals surface area contributed by atoms with Crippen molar-refractivity contribution in [2.75, 3.05) is 19.8 Å². The van der Waals surface area contributed by atoms with Crippen LogP contribution in [0.15, 0.2) is 39.7 Å². The van der Waals surface area contributed by atoms with Crippen molar-refractivity contribution in [2.45, 2.75) is 25.1 Å². The number of carbonyl (C=O) groups is 1. The van der Waals surface area contributed by atoms with Crippen molar-refractivity contribution in [3.63, 3.8) is 0 Å². The Morgan fingerprint density at radius 1 is 1.18 bits per heavy atom. The van der Waals surface area contributed by atoms with E-state index in [9.17, 15) is 9.59 Å². The van der Waals surface area contributed by atoms with E-state index in [1.54, 1.807) is 12.1 Å². The third-order valence-electron chi connectivity index (χ3n) is 4.38. The van der Waals surface area contributed by atoms with Gasteiger partial charge >= 0.3 is 11.7 Å². The molecule has 0 aliphatic carbocycles. The molecule has 6 N–H and O–H groups in total. The normalized spacial score (nSPS) is 11.2. The Labute approximate surface area is 197 Å². The van der Waals surface area contributed by atoms with E-state index in [0.717, 1.165) is 0 Å². The van der Waals surface area contributed by atoms with Gasteiger partial charge in [0.15, 0.2) is 5.58 Å². The van der Waals surface area contributed by atoms with E-state index >= 15 is 0 Å². The zero-order chi connectivity index (χ0) is 24.6. The lowest BCUT2D eigenvalue weighted by Gasteiger charge is -2.20. The van der Waals surface area contributed by atoms with Crippen molar-refractivity contribution in [3.05, 3.63) is 56.8 Å². The Morgan fingerprint density at radius 3 is 2.36 bits per heavy atom. The van der Waals surface area contributed by atoms with Crippen molar-refractivity contribution < 1.29 is 34.4 Å². The van der Waals surface area contributed by atoms with E-state index in [-0.39, 0.29) is 30.2 Å². The number of aryl methyl sites for hydroxylation is 1. The van der Waals surface area contributed by atoms with Gasteiger partial charge in [-0.1, -0.05) is 23.2 Å². The molecule has 0 saturated carbocycles. The molecule has 0 bridgehead atoms. The van der Waals surface area contributed by atoms with Gasteiger partial charge in [0.05, 0.1) is 53.0 Å². The number of carboxylic acid groups (broad SMARTS) is 1. The van der Waals surface area contributed by atoms with Crippen LogP contribution in [0, 0.1) is 0 Å². The zero-order valence-corrected chi connectivity index (χ0v) is 18.8. The van der Waals surface area contributed by atoms with Crippen molar-refractivity contribution in [1.29, 1.82) is 0 Å². The number of hydrogen-bond donors (Lipinski definition) is 5. The number of nitrogens with two attached hydrogens (primary N) is 1. The predicted molar refractivity (Wildman–Crippen MR) is 119 cm³/mol. The molecule has 2 aromatic heterocycles. The van der Waals surface area contributed by atoms with Crippen LogP contribution in [0.5, 0.6) is 5.75 Å². The van der Waals surface area contributed by atoms with Gasteiger partial charge in [-0.05, 0) is 18.2 Å². The maximum absolute atomic E-state index is 11.9. The standard InChI is InChI=1S/C16H12Cl2N2O5.C4H11NO3/c17-9-1-2-10(19-7-9)8-24-13-6-14-12(5-11(13)18)20(16(23)25-14)4-3-15(21)22;5-4(1-6,2-7)3-8/h1-2,5-7H,3-4,8H2,(H,21,22);6-8H,1-3,5H2. The summed E-state index contributed by atoms with van der Waals surface area (Å²) < 4.78 is 12.0. The second kappa shape index (κ2) is 12.0. The lowest BCUT2D eigenvalue weighted by molar-refractivity contribution is -0.137. The third kappa shape index (κ3) is 7.42. The van der Waals surface area contributed by atoms with Crippen LogP contribution < -0.4 is 16.2 Å². The highest BCUT2D eigenvalue weighted by atomic mass is 35.5. The van der Waals surface area contributed by atoms with Gasteiger partial charge in [-0.2, -0.15) is 0 Å². The van der Waals surface area contributed by atoms with Crippen LogP contribution in [0.25, 0.3) is 11.1 Å². The van der Waals surface area contributed by atoms with Gasteiger partial charge in [-0.25, -0.2) is 4.79 Å². The van der Waals surface area contributed by atoms with Crippen molar-refractivity contribution >= 4 is 40.3 Å². The third-order valence-corrected chi connectivity index (χ3v) is 4.90. The lowest BCUT2D eigenvalue weighted by Crippen LogP contribution is -2.50. The number of aliphatic carboxylic acids is 1. The summed E-state index contributed by atoms with van der Waals surface area (Å²) in [5.41, 5.74) is 5.26. The number of aromatic nitrogens is 2. The SMILES string of the molecule is NC(CO)(CO)CO.O=C(O)CCn1c(=O)oc2cc(OCc3ccc(Cl)cn3)c(Cl)cc21. The first kappa shape index (κ1) is 26.6. The van der Waals surface area contributed by atoms with E-state index in [4.69, 9.17) is 58.5 Å². The molecular weight excluding hydrogens is 481 g/mol. The fraction of sp³-hybridized carbons (Fsp3) is 0.350. The molecule has 180 valence electrons. The summed E-state index contributed by atoms with van der Waals surface area (Å²) in [6.45, 7) is -1.06. The second-order valence-corrected chi connectivity index (χ2v) is 7.85. The molecule has 33 heavy (non-hydrogen) atoms. The van der Waals surface area contributed by atoms with Gasteiger partial charge in [0, 0.05) is 18.8 Å². The van der Waals surface area contributed by atoms with Crippen LogP contribution >= 0.6 is 23.2 Å². The quantitative estimate of drug-likeness (QED) is 0.282. The van der Waals surface area contributed by atoms with Crippen molar-refractivity contribution in [1.82, 2.24) is 9.55 Å². The Hall–Kier alpha value is -2.67. The summed E-state index contributed by atoms with van der Waals surface area (Å²) in [6.07, 6.45) is 1.30. The largest absolute Gasteiger partial charge is 0.486 e. The molecule has 0 radical (unpaired) electrons. The Morgan fingerprint density at radius 2 is 1.85 bits per heavy atom. The summed E-state index contributed by atoms with van der Waals surface area (Å²) in [4.78, 5) is 26.7. The first-order valence-electron chi connectivity index (χ1n) is 9.52. The van der Waals surface area contributed by atoms with Crippen LogP contribution in [0.4, 0.5) is 0 Å². The van der Waals surface area contributed by atoms with Crippen LogP contribution in [-0.4, -0.2) is 61.3 Å². The average Bonchev–Trinajstić information content (AvgIpc) is 3.10. The molecule has 0 saturated heterocycles. The molecule has 0 aliphatic rings. The molecule has 3 aromatic rings. The van der Waals surface area contributed by atoms with E-state index in [2.05, 4.69) is 4.98 Å². The Bertz CT molecular complexity index is 1120. The van der Waals surface area contributed by atoms with Gasteiger partial charge < -0.3 is 35.3 Å². The average molecular weight is 504 g/mol. The van der Waals surface area contributed by atoms with Crippen molar-refractivity contribution in [3.8, 4) is 5.75 Å². The number of pyridine rings is 1. The second-order valence-electron chi connectivity index (χ2n) is 7.01. The molecule has 0 fully saturated rings. The minimum atomic E-state index is -1.21. The van der Waals surface area contributed by atoms with Crippen LogP contribution in [0.3, 0.4) is 0 Å². The Balaban J connectivity index is 0.000000414. The highest BCUT2D eigenvalue weighted by Crippen LogP contribution is 2.30. The number of aliphatic hydroxyl groups excluding tert-OH is 3. The molecule has 3 rings (SSSR count). The summed E-state index contributed by atoms with van der Waals surface area (Å²) in [7, 11) is 0. The number of carboxylic acids is 1. The summed E-state index contributed by atoms with van der Waals surface area (Å²) >= 11 is 12.0. The first-order valence-corrected chi connectivity index (χ1v) is 10.3. The number of rotatable bonds is 9. The fourth-order valence-electron chi connectivity index (χ4n) is 2.39. The minimum absolute atomic E-state index is 0.00755. The van der Waals surface area contributed by atoms with Gasteiger partial charge in [-0.3, -0.25) is 14.3 Å². The number of aliphatic hydroxyl groups is 3. The molecule has 11 nitrogen and oxygen atoms in total. The van der Waals surface area contributed by atoms with Crippen LogP contribution in [0.2, 0.25) is 10.0 Å². The summed E-state index contributed by atoms with van der Waals surface area (Å²) in [6, 6.07) is 6.41. The molecule has 0 aliphatic heterocycles. The van der Waals surface area contributed by atoms with Gasteiger partial charge in [0.25, 0.3) is 0 Å². The minimum Gasteiger partial charge on any atom is -0.486 e. The Kier molecular flexibility index (Phi) is 9.65. The number of oxazole rings is 1. The van der Waals surface area contributed by atoms with Gasteiger partial charge in [-0.15, -0.1) is 0 Å². The molecule has 0 spiro atoms. The highest BCUT2D eigenvalue weighted by Gasteiger charge is 2.20. The molecule has 0 amide bonds. The monoisotopic (exact) mass is 503 g/mol. The smallest absolute Gasteiger partial charge is 0.419 e. The fourth-order valence-corrected chi connectivity index (χ4v) is 2.71. The summed E-state index contributed by atoms with van der Waals surface area (Å²) in [5, 5.41) is 34.6. The predicted octanol–water partition coefficient (Wildman–Crippen LogP) is 1.01. The number of benzene rings is 1. The molecule has 0 unspecified atom stereocenters. The topological polar surface area (TPSA) is 181 Å². The lowest BCUT2D eigenvalue weighted by atomic mass is 10.1. The molecule has 1 aromatic carbocycles. The molecule has 2 heterocycles. The number of halogens is 2. The number of hydrogen-bond acceptors (Lipinski definition) is 9. The van der Waals surface area contributed by atoms with E-state index < -0.39 is 37.1 Å². The molecule has 13 heteroatoms. The van der Waals surface area contributed by atoms with Crippen molar-refractivity contribution in [2.24, 2.45) is 5.73 Å². The van der Waals surface area contributed by atoms with Gasteiger partial charge in [0.1, 0.15) is 12.4 Å². The highest BCUT2D eigenvalue weighted by molar-refractivity contribution is 6.32. The van der Waals surface area contributed by atoms with E-state index in [0.29, 0.717) is 22.0 Å².